The number of nitrogens with one attached hydrogen (secondary N) is 2. The monoisotopic (exact) mass is 263 g/mol. The number of ether oxygens (including phenoxy) is 1. The van der Waals surface area contributed by atoms with Crippen LogP contribution in [0.3, 0.4) is 0 Å². The molecule has 1 aromatic carbocycles. The van der Waals surface area contributed by atoms with Crippen molar-refractivity contribution in [2.24, 2.45) is 0 Å². The zero-order chi connectivity index (χ0) is 13.7. The molecule has 0 radical (unpaired) electrons. The number of hydrogen-bond donors (Lipinski definition) is 2. The molecule has 0 saturated carbocycles. The molecule has 0 amide bonds. The van der Waals surface area contributed by atoms with Crippen LogP contribution in [0.1, 0.15) is 13.8 Å². The zero-order valence-corrected chi connectivity index (χ0v) is 12.1. The summed E-state index contributed by atoms with van der Waals surface area (Å²) in [4.78, 5) is 2.36. The summed E-state index contributed by atoms with van der Waals surface area (Å²) in [6, 6.07) is 8.70. The fourth-order valence-electron chi connectivity index (χ4n) is 2.29. The number of rotatable bonds is 5. The third-order valence-corrected chi connectivity index (χ3v) is 3.24. The second-order valence-corrected chi connectivity index (χ2v) is 5.49. The fraction of sp³-hybridized carbons (Fsp3) is 0.600. The molecule has 1 aliphatic rings. The second-order valence-electron chi connectivity index (χ2n) is 5.49. The van der Waals surface area contributed by atoms with E-state index in [1.807, 2.05) is 26.0 Å². The van der Waals surface area contributed by atoms with E-state index in [9.17, 15) is 0 Å². The molecule has 0 spiro atoms. The largest absolute Gasteiger partial charge is 0.491 e. The van der Waals surface area contributed by atoms with E-state index in [0.717, 1.165) is 37.6 Å². The van der Waals surface area contributed by atoms with Crippen LogP contribution in [0.5, 0.6) is 5.75 Å². The van der Waals surface area contributed by atoms with Gasteiger partial charge in [0.2, 0.25) is 0 Å². The molecule has 1 heterocycles. The molecule has 4 nitrogen and oxygen atoms in total. The molecule has 0 aromatic heterocycles. The van der Waals surface area contributed by atoms with Crippen molar-refractivity contribution in [1.82, 2.24) is 10.2 Å². The number of hydrogen-bond acceptors (Lipinski definition) is 4. The number of nitrogens with zero attached hydrogens (tertiary/aromatic N) is 1. The van der Waals surface area contributed by atoms with Gasteiger partial charge in [0.1, 0.15) is 5.75 Å². The van der Waals surface area contributed by atoms with E-state index in [2.05, 4.69) is 34.7 Å². The molecule has 0 bridgehead atoms. The Hall–Kier alpha value is -1.26. The molecule has 1 aliphatic heterocycles. The van der Waals surface area contributed by atoms with Crippen molar-refractivity contribution in [3.63, 3.8) is 0 Å². The fourth-order valence-corrected chi connectivity index (χ4v) is 2.29. The van der Waals surface area contributed by atoms with Gasteiger partial charge < -0.3 is 20.3 Å². The molecular weight excluding hydrogens is 238 g/mol. The van der Waals surface area contributed by atoms with Gasteiger partial charge >= 0.3 is 0 Å². The lowest BCUT2D eigenvalue weighted by atomic mass is 10.2. The van der Waals surface area contributed by atoms with Crippen LogP contribution >= 0.6 is 0 Å². The predicted molar refractivity (Wildman–Crippen MR) is 80.0 cm³/mol. The van der Waals surface area contributed by atoms with E-state index in [1.54, 1.807) is 0 Å². The number of piperazine rings is 1. The van der Waals surface area contributed by atoms with E-state index in [-0.39, 0.29) is 6.10 Å². The van der Waals surface area contributed by atoms with Gasteiger partial charge in [0.25, 0.3) is 0 Å². The Balaban J connectivity index is 1.79. The minimum absolute atomic E-state index is 0.223. The molecule has 0 aliphatic carbocycles. The number of anilines is 1. The van der Waals surface area contributed by atoms with Crippen LogP contribution < -0.4 is 15.4 Å². The normalized spacial score (nSPS) is 20.5. The first-order valence-corrected chi connectivity index (χ1v) is 7.06. The van der Waals surface area contributed by atoms with Crippen LogP contribution in [0.4, 0.5) is 5.69 Å². The summed E-state index contributed by atoms with van der Waals surface area (Å²) >= 11 is 0. The molecular formula is C15H25N3O. The lowest BCUT2D eigenvalue weighted by molar-refractivity contribution is 0.242. The van der Waals surface area contributed by atoms with Gasteiger partial charge in [-0.1, -0.05) is 0 Å². The minimum atomic E-state index is 0.223. The lowest BCUT2D eigenvalue weighted by Crippen LogP contribution is -2.51. The van der Waals surface area contributed by atoms with Crippen molar-refractivity contribution in [2.45, 2.75) is 26.0 Å². The number of benzene rings is 1. The third-order valence-electron chi connectivity index (χ3n) is 3.24. The first-order valence-electron chi connectivity index (χ1n) is 7.06. The summed E-state index contributed by atoms with van der Waals surface area (Å²) in [6.07, 6.45) is 0.223. The maximum absolute atomic E-state index is 5.63. The lowest BCUT2D eigenvalue weighted by Gasteiger charge is -2.31. The van der Waals surface area contributed by atoms with Crippen molar-refractivity contribution < 1.29 is 4.74 Å². The first-order chi connectivity index (χ1) is 9.13. The highest BCUT2D eigenvalue weighted by Crippen LogP contribution is 2.16. The SMILES string of the molecule is CC(C)Oc1ccc(NCC2CN(C)CCN2)cc1. The zero-order valence-electron chi connectivity index (χ0n) is 12.1. The maximum atomic E-state index is 5.63. The molecule has 1 atom stereocenters. The molecule has 1 unspecified atom stereocenters. The molecule has 2 N–H and O–H groups in total. The molecule has 1 saturated heterocycles. The van der Waals surface area contributed by atoms with Crippen LogP contribution in [0.25, 0.3) is 0 Å². The molecule has 2 rings (SSSR count). The summed E-state index contributed by atoms with van der Waals surface area (Å²) in [7, 11) is 2.17. The van der Waals surface area contributed by atoms with E-state index in [1.165, 1.54) is 0 Å². The third kappa shape index (κ3) is 4.73. The standard InChI is InChI=1S/C15H25N3O/c1-12(2)19-15-6-4-13(5-7-15)17-10-14-11-18(3)9-8-16-14/h4-7,12,14,16-17H,8-11H2,1-3H3. The van der Waals surface area contributed by atoms with Gasteiger partial charge in [0.15, 0.2) is 0 Å². The summed E-state index contributed by atoms with van der Waals surface area (Å²) in [6.45, 7) is 8.34. The Bertz CT molecular complexity index is 377. The second kappa shape index (κ2) is 6.78. The summed E-state index contributed by atoms with van der Waals surface area (Å²) in [5.41, 5.74) is 1.14. The summed E-state index contributed by atoms with van der Waals surface area (Å²) < 4.78 is 5.63. The van der Waals surface area contributed by atoms with E-state index >= 15 is 0 Å². The van der Waals surface area contributed by atoms with Gasteiger partial charge in [0, 0.05) is 37.9 Å². The van der Waals surface area contributed by atoms with Crippen molar-refractivity contribution in [2.75, 3.05) is 38.5 Å². The molecule has 106 valence electrons. The Morgan fingerprint density at radius 2 is 2.11 bits per heavy atom. The van der Waals surface area contributed by atoms with Crippen molar-refractivity contribution in [3.8, 4) is 5.75 Å². The quantitative estimate of drug-likeness (QED) is 0.849. The average Bonchev–Trinajstić information content (AvgIpc) is 2.37. The van der Waals surface area contributed by atoms with Gasteiger partial charge in [-0.15, -0.1) is 0 Å². The van der Waals surface area contributed by atoms with Crippen LogP contribution in [0.2, 0.25) is 0 Å². The van der Waals surface area contributed by atoms with E-state index in [4.69, 9.17) is 4.74 Å². The van der Waals surface area contributed by atoms with Crippen LogP contribution in [-0.2, 0) is 0 Å². The minimum Gasteiger partial charge on any atom is -0.491 e. The summed E-state index contributed by atoms with van der Waals surface area (Å²) in [5, 5.41) is 7.00. The van der Waals surface area contributed by atoms with E-state index in [0.29, 0.717) is 6.04 Å². The van der Waals surface area contributed by atoms with Crippen LogP contribution in [0, 0.1) is 0 Å². The van der Waals surface area contributed by atoms with Gasteiger partial charge in [-0.25, -0.2) is 0 Å². The van der Waals surface area contributed by atoms with Crippen molar-refractivity contribution >= 4 is 5.69 Å². The molecule has 1 aromatic rings. The average molecular weight is 263 g/mol. The van der Waals surface area contributed by atoms with Gasteiger partial charge in [-0.05, 0) is 45.2 Å². The molecule has 4 heteroatoms. The van der Waals surface area contributed by atoms with Gasteiger partial charge in [-0.3, -0.25) is 0 Å². The van der Waals surface area contributed by atoms with Crippen LogP contribution in [-0.4, -0.2) is 50.3 Å². The number of likely N-dealkylation sites (N-methyl/N-ethyl adjacent to an activating group) is 1. The van der Waals surface area contributed by atoms with Gasteiger partial charge in [0.05, 0.1) is 6.10 Å². The Morgan fingerprint density at radius 1 is 1.37 bits per heavy atom. The topological polar surface area (TPSA) is 36.5 Å². The molecule has 19 heavy (non-hydrogen) atoms. The highest BCUT2D eigenvalue weighted by atomic mass is 16.5. The Kier molecular flexibility index (Phi) is 5.05. The smallest absolute Gasteiger partial charge is 0.119 e. The summed E-state index contributed by atoms with van der Waals surface area (Å²) in [5.74, 6) is 0.927. The molecule has 1 fully saturated rings. The highest BCUT2D eigenvalue weighted by molar-refractivity contribution is 5.46. The first kappa shape index (κ1) is 14.2. The highest BCUT2D eigenvalue weighted by Gasteiger charge is 2.15. The predicted octanol–water partition coefficient (Wildman–Crippen LogP) is 1.79. The van der Waals surface area contributed by atoms with Crippen LogP contribution in [0.15, 0.2) is 24.3 Å². The van der Waals surface area contributed by atoms with E-state index < -0.39 is 0 Å². The Labute approximate surface area is 116 Å². The van der Waals surface area contributed by atoms with Crippen molar-refractivity contribution in [1.29, 1.82) is 0 Å². The maximum Gasteiger partial charge on any atom is 0.119 e. The van der Waals surface area contributed by atoms with Gasteiger partial charge in [-0.2, -0.15) is 0 Å². The van der Waals surface area contributed by atoms with Crippen molar-refractivity contribution in [3.05, 3.63) is 24.3 Å². The Morgan fingerprint density at radius 3 is 2.74 bits per heavy atom.